The molecule has 1 amide bonds. The Bertz CT molecular complexity index is 878. The van der Waals surface area contributed by atoms with E-state index < -0.39 is 17.8 Å². The van der Waals surface area contributed by atoms with E-state index in [1.165, 1.54) is 12.1 Å². The van der Waals surface area contributed by atoms with Crippen LogP contribution in [0.15, 0.2) is 48.5 Å². The van der Waals surface area contributed by atoms with E-state index in [0.717, 1.165) is 18.1 Å². The molecule has 1 saturated heterocycles. The topological polar surface area (TPSA) is 50.8 Å². The molecule has 32 heavy (non-hydrogen) atoms. The third-order valence-electron chi connectivity index (χ3n) is 5.44. The van der Waals surface area contributed by atoms with Gasteiger partial charge in [0.2, 0.25) is 0 Å². The van der Waals surface area contributed by atoms with Gasteiger partial charge in [-0.3, -0.25) is 9.69 Å². The Kier molecular flexibility index (Phi) is 9.36. The van der Waals surface area contributed by atoms with Gasteiger partial charge in [0.05, 0.1) is 18.3 Å². The second kappa shape index (κ2) is 11.5. The molecular formula is C23H28ClF3N2O3. The van der Waals surface area contributed by atoms with Crippen molar-refractivity contribution in [3.8, 4) is 5.75 Å². The number of hydrogen-bond acceptors (Lipinski definition) is 4. The SMILES string of the molecule is CNC(=O)COc1ccc(CC(C)N2CCOC(c3ccccc3C(F)(F)F)C2)cc1.Cl. The van der Waals surface area contributed by atoms with Gasteiger partial charge in [-0.25, -0.2) is 0 Å². The number of alkyl halides is 3. The summed E-state index contributed by atoms with van der Waals surface area (Å²) in [5, 5.41) is 2.49. The van der Waals surface area contributed by atoms with Crippen LogP contribution in [0.25, 0.3) is 0 Å². The third-order valence-corrected chi connectivity index (χ3v) is 5.44. The number of rotatable bonds is 7. The van der Waals surface area contributed by atoms with Crippen LogP contribution in [0, 0.1) is 0 Å². The molecule has 0 aliphatic carbocycles. The fourth-order valence-electron chi connectivity index (χ4n) is 3.71. The average Bonchev–Trinajstić information content (AvgIpc) is 2.78. The normalized spacial score (nSPS) is 17.8. The summed E-state index contributed by atoms with van der Waals surface area (Å²) in [6.45, 7) is 3.48. The number of likely N-dealkylation sites (N-methyl/N-ethyl adjacent to an activating group) is 1. The summed E-state index contributed by atoms with van der Waals surface area (Å²) in [7, 11) is 1.55. The molecular weight excluding hydrogens is 445 g/mol. The molecule has 176 valence electrons. The summed E-state index contributed by atoms with van der Waals surface area (Å²) < 4.78 is 51.3. The monoisotopic (exact) mass is 472 g/mol. The first-order valence-electron chi connectivity index (χ1n) is 10.2. The van der Waals surface area contributed by atoms with Crippen LogP contribution in [0.3, 0.4) is 0 Å². The second-order valence-electron chi connectivity index (χ2n) is 7.60. The number of halogens is 4. The first-order chi connectivity index (χ1) is 14.8. The van der Waals surface area contributed by atoms with Crippen molar-refractivity contribution in [1.29, 1.82) is 0 Å². The van der Waals surface area contributed by atoms with Crippen LogP contribution in [0.1, 0.15) is 29.7 Å². The Morgan fingerprint density at radius 2 is 1.91 bits per heavy atom. The lowest BCUT2D eigenvalue weighted by Gasteiger charge is -2.37. The van der Waals surface area contributed by atoms with Crippen molar-refractivity contribution in [2.75, 3.05) is 33.4 Å². The number of ether oxygens (including phenoxy) is 2. The van der Waals surface area contributed by atoms with E-state index in [2.05, 4.69) is 17.1 Å². The third kappa shape index (κ3) is 6.85. The summed E-state index contributed by atoms with van der Waals surface area (Å²) in [4.78, 5) is 13.4. The second-order valence-corrected chi connectivity index (χ2v) is 7.60. The molecule has 2 atom stereocenters. The van der Waals surface area contributed by atoms with E-state index >= 15 is 0 Å². The minimum absolute atomic E-state index is 0. The van der Waals surface area contributed by atoms with Gasteiger partial charge in [0.1, 0.15) is 5.75 Å². The van der Waals surface area contributed by atoms with Crippen LogP contribution in [0.4, 0.5) is 13.2 Å². The number of nitrogens with zero attached hydrogens (tertiary/aromatic N) is 1. The highest BCUT2D eigenvalue weighted by molar-refractivity contribution is 5.85. The van der Waals surface area contributed by atoms with Crippen LogP contribution in [0.5, 0.6) is 5.75 Å². The molecule has 3 rings (SSSR count). The molecule has 0 aromatic heterocycles. The zero-order valence-electron chi connectivity index (χ0n) is 18.0. The van der Waals surface area contributed by atoms with E-state index in [1.807, 2.05) is 24.3 Å². The standard InChI is InChI=1S/C23H27F3N2O3.ClH/c1-16(13-17-7-9-18(10-8-17)31-15-22(29)27-2)28-11-12-30-21(14-28)19-5-3-4-6-20(19)23(24,25)26;/h3-10,16,21H,11-15H2,1-2H3,(H,27,29);1H. The van der Waals surface area contributed by atoms with Gasteiger partial charge in [-0.1, -0.05) is 30.3 Å². The Morgan fingerprint density at radius 1 is 1.22 bits per heavy atom. The maximum atomic E-state index is 13.4. The minimum atomic E-state index is -4.41. The first-order valence-corrected chi connectivity index (χ1v) is 10.2. The summed E-state index contributed by atoms with van der Waals surface area (Å²) >= 11 is 0. The molecule has 0 saturated carbocycles. The molecule has 5 nitrogen and oxygen atoms in total. The molecule has 1 aliphatic heterocycles. The van der Waals surface area contributed by atoms with Gasteiger partial charge < -0.3 is 14.8 Å². The highest BCUT2D eigenvalue weighted by Gasteiger charge is 2.36. The van der Waals surface area contributed by atoms with Crippen LogP contribution < -0.4 is 10.1 Å². The van der Waals surface area contributed by atoms with Gasteiger partial charge in [-0.2, -0.15) is 13.2 Å². The fourth-order valence-corrected chi connectivity index (χ4v) is 3.71. The molecule has 2 aromatic rings. The highest BCUT2D eigenvalue weighted by atomic mass is 35.5. The maximum Gasteiger partial charge on any atom is 0.416 e. The van der Waals surface area contributed by atoms with Crippen LogP contribution in [-0.2, 0) is 22.1 Å². The predicted octanol–water partition coefficient (Wildman–Crippen LogP) is 4.26. The molecule has 2 unspecified atom stereocenters. The molecule has 1 heterocycles. The number of carbonyl (C=O) groups excluding carboxylic acids is 1. The molecule has 0 bridgehead atoms. The fraction of sp³-hybridized carbons (Fsp3) is 0.435. The lowest BCUT2D eigenvalue weighted by molar-refractivity contribution is -0.140. The number of hydrogen-bond donors (Lipinski definition) is 1. The van der Waals surface area contributed by atoms with Crippen LogP contribution >= 0.6 is 12.4 Å². The summed E-state index contributed by atoms with van der Waals surface area (Å²) in [5.74, 6) is 0.405. The van der Waals surface area contributed by atoms with Gasteiger partial charge in [0.15, 0.2) is 6.61 Å². The summed E-state index contributed by atoms with van der Waals surface area (Å²) in [6.07, 6.45) is -4.28. The van der Waals surface area contributed by atoms with Crippen molar-refractivity contribution in [3.63, 3.8) is 0 Å². The van der Waals surface area contributed by atoms with E-state index in [-0.39, 0.29) is 36.5 Å². The van der Waals surface area contributed by atoms with Crippen molar-refractivity contribution in [1.82, 2.24) is 10.2 Å². The number of nitrogens with one attached hydrogen (secondary N) is 1. The highest BCUT2D eigenvalue weighted by Crippen LogP contribution is 2.36. The maximum absolute atomic E-state index is 13.4. The van der Waals surface area contributed by atoms with Crippen molar-refractivity contribution >= 4 is 18.3 Å². The summed E-state index contributed by atoms with van der Waals surface area (Å²) in [6, 6.07) is 13.2. The molecule has 0 spiro atoms. The lowest BCUT2D eigenvalue weighted by Crippen LogP contribution is -2.44. The molecule has 1 fully saturated rings. The van der Waals surface area contributed by atoms with Crippen molar-refractivity contribution in [2.45, 2.75) is 31.7 Å². The number of morpholine rings is 1. The lowest BCUT2D eigenvalue weighted by atomic mass is 9.99. The van der Waals surface area contributed by atoms with Crippen molar-refractivity contribution in [2.24, 2.45) is 0 Å². The van der Waals surface area contributed by atoms with E-state index in [1.54, 1.807) is 13.1 Å². The van der Waals surface area contributed by atoms with Gasteiger partial charge in [0, 0.05) is 26.2 Å². The zero-order chi connectivity index (χ0) is 22.4. The van der Waals surface area contributed by atoms with Crippen molar-refractivity contribution < 1.29 is 27.4 Å². The Hall–Kier alpha value is -2.29. The zero-order valence-corrected chi connectivity index (χ0v) is 18.8. The molecule has 1 N–H and O–H groups in total. The molecule has 0 radical (unpaired) electrons. The Labute approximate surface area is 192 Å². The van der Waals surface area contributed by atoms with E-state index in [9.17, 15) is 18.0 Å². The average molecular weight is 473 g/mol. The minimum Gasteiger partial charge on any atom is -0.484 e. The Morgan fingerprint density at radius 3 is 2.56 bits per heavy atom. The van der Waals surface area contributed by atoms with Crippen LogP contribution in [-0.4, -0.2) is 50.2 Å². The number of benzene rings is 2. The number of amides is 1. The first kappa shape index (κ1) is 26.0. The van der Waals surface area contributed by atoms with E-state index in [0.29, 0.717) is 25.4 Å². The summed E-state index contributed by atoms with van der Waals surface area (Å²) in [5.41, 5.74) is 0.630. The van der Waals surface area contributed by atoms with Gasteiger partial charge in [-0.05, 0) is 42.7 Å². The van der Waals surface area contributed by atoms with Gasteiger partial charge >= 0.3 is 6.18 Å². The molecule has 2 aromatic carbocycles. The van der Waals surface area contributed by atoms with Crippen molar-refractivity contribution in [3.05, 3.63) is 65.2 Å². The van der Waals surface area contributed by atoms with Gasteiger partial charge in [-0.15, -0.1) is 12.4 Å². The molecule has 9 heteroatoms. The van der Waals surface area contributed by atoms with Crippen LogP contribution in [0.2, 0.25) is 0 Å². The smallest absolute Gasteiger partial charge is 0.416 e. The largest absolute Gasteiger partial charge is 0.484 e. The Balaban J connectivity index is 0.00000363. The number of carbonyl (C=O) groups is 1. The quantitative estimate of drug-likeness (QED) is 0.654. The van der Waals surface area contributed by atoms with Gasteiger partial charge in [0.25, 0.3) is 5.91 Å². The molecule has 1 aliphatic rings. The predicted molar refractivity (Wildman–Crippen MR) is 118 cm³/mol. The van der Waals surface area contributed by atoms with E-state index in [4.69, 9.17) is 9.47 Å².